The van der Waals surface area contributed by atoms with Gasteiger partial charge in [-0.05, 0) is 44.2 Å². The molecule has 2 aromatic rings. The van der Waals surface area contributed by atoms with E-state index in [9.17, 15) is 13.2 Å². The van der Waals surface area contributed by atoms with Crippen LogP contribution in [0.25, 0.3) is 0 Å². The minimum Gasteiger partial charge on any atom is -0.372 e. The number of anilines is 2. The summed E-state index contributed by atoms with van der Waals surface area (Å²) in [6, 6.07) is 14.4. The Labute approximate surface area is 165 Å². The van der Waals surface area contributed by atoms with Crippen molar-refractivity contribution < 1.29 is 18.1 Å². The Hall–Kier alpha value is -2.21. The van der Waals surface area contributed by atoms with Gasteiger partial charge in [0.05, 0.1) is 31.7 Å². The first-order chi connectivity index (χ1) is 13.4. The summed E-state index contributed by atoms with van der Waals surface area (Å²) in [6.45, 7) is 10.7. The van der Waals surface area contributed by atoms with Gasteiger partial charge in [0.25, 0.3) is 0 Å². The van der Waals surface area contributed by atoms with Crippen LogP contribution in [-0.2, 0) is 12.7 Å². The van der Waals surface area contributed by atoms with Crippen molar-refractivity contribution in [2.75, 3.05) is 49.1 Å². The number of piperazine rings is 1. The second kappa shape index (κ2) is 8.86. The van der Waals surface area contributed by atoms with Crippen LogP contribution in [-0.4, -0.2) is 39.3 Å². The zero-order valence-corrected chi connectivity index (χ0v) is 16.6. The molecule has 28 heavy (non-hydrogen) atoms. The van der Waals surface area contributed by atoms with E-state index in [1.165, 1.54) is 28.3 Å². The van der Waals surface area contributed by atoms with E-state index >= 15 is 0 Å². The lowest BCUT2D eigenvalue weighted by Gasteiger charge is -2.34. The summed E-state index contributed by atoms with van der Waals surface area (Å²) in [7, 11) is 0. The minimum absolute atomic E-state index is 0.576. The number of nitrogens with zero attached hydrogens (tertiary/aromatic N) is 2. The molecule has 0 amide bonds. The van der Waals surface area contributed by atoms with Crippen LogP contribution in [0, 0.1) is 0 Å². The highest BCUT2D eigenvalue weighted by atomic mass is 19.4. The second-order valence-corrected chi connectivity index (χ2v) is 7.30. The molecule has 1 N–H and O–H groups in total. The Morgan fingerprint density at radius 3 is 2.18 bits per heavy atom. The van der Waals surface area contributed by atoms with E-state index in [1.807, 2.05) is 0 Å². The third-order valence-corrected chi connectivity index (χ3v) is 5.53. The van der Waals surface area contributed by atoms with Gasteiger partial charge < -0.3 is 14.7 Å². The van der Waals surface area contributed by atoms with Crippen LogP contribution in [0.1, 0.15) is 25.0 Å². The number of nitrogens with one attached hydrogen (secondary N) is 1. The SMILES string of the molecule is CCN(CC)c1ccc(C[NH+]2CCN(c3cccc(C(F)(F)F)c3)CC2)cc1. The molecule has 3 rings (SSSR count). The Balaban J connectivity index is 1.56. The smallest absolute Gasteiger partial charge is 0.372 e. The van der Waals surface area contributed by atoms with Crippen LogP contribution in [0.2, 0.25) is 0 Å². The lowest BCUT2D eigenvalue weighted by molar-refractivity contribution is -0.914. The van der Waals surface area contributed by atoms with Gasteiger partial charge in [0.2, 0.25) is 0 Å². The van der Waals surface area contributed by atoms with E-state index in [0.717, 1.165) is 51.9 Å². The highest BCUT2D eigenvalue weighted by Crippen LogP contribution is 2.31. The standard InChI is InChI=1S/C22H28F3N3/c1-3-27(4-2)20-10-8-18(9-11-20)17-26-12-14-28(15-13-26)21-7-5-6-19(16-21)22(23,24)25/h5-11,16H,3-4,12-15,17H2,1-2H3/p+1. The molecule has 3 nitrogen and oxygen atoms in total. The first-order valence-corrected chi connectivity index (χ1v) is 10.0. The van der Waals surface area contributed by atoms with Gasteiger partial charge in [-0.3, -0.25) is 0 Å². The van der Waals surface area contributed by atoms with Gasteiger partial charge in [-0.15, -0.1) is 0 Å². The molecule has 6 heteroatoms. The lowest BCUT2D eigenvalue weighted by atomic mass is 10.1. The fourth-order valence-corrected chi connectivity index (χ4v) is 3.84. The van der Waals surface area contributed by atoms with Gasteiger partial charge >= 0.3 is 6.18 Å². The summed E-state index contributed by atoms with van der Waals surface area (Å²) in [6.07, 6.45) is -4.29. The maximum Gasteiger partial charge on any atom is 0.416 e. The zero-order valence-electron chi connectivity index (χ0n) is 16.6. The minimum atomic E-state index is -4.29. The largest absolute Gasteiger partial charge is 0.416 e. The van der Waals surface area contributed by atoms with Crippen molar-refractivity contribution in [3.05, 3.63) is 59.7 Å². The second-order valence-electron chi connectivity index (χ2n) is 7.30. The Kier molecular flexibility index (Phi) is 6.50. The molecule has 0 aliphatic carbocycles. The first kappa shape index (κ1) is 20.5. The quantitative estimate of drug-likeness (QED) is 0.808. The summed E-state index contributed by atoms with van der Waals surface area (Å²) in [4.78, 5) is 5.85. The van der Waals surface area contributed by atoms with E-state index in [-0.39, 0.29) is 0 Å². The van der Waals surface area contributed by atoms with Gasteiger partial charge in [0.1, 0.15) is 6.54 Å². The van der Waals surface area contributed by atoms with Crippen molar-refractivity contribution in [2.24, 2.45) is 0 Å². The molecule has 1 heterocycles. The molecule has 0 spiro atoms. The maximum atomic E-state index is 12.9. The number of quaternary nitrogens is 1. The van der Waals surface area contributed by atoms with Gasteiger partial charge in [-0.2, -0.15) is 13.2 Å². The number of alkyl halides is 3. The molecule has 2 aromatic carbocycles. The normalized spacial score (nSPS) is 15.7. The molecule has 1 aliphatic heterocycles. The molecule has 1 fully saturated rings. The van der Waals surface area contributed by atoms with Crippen molar-refractivity contribution in [1.82, 2.24) is 0 Å². The Morgan fingerprint density at radius 1 is 0.964 bits per heavy atom. The Bertz CT molecular complexity index is 746. The highest BCUT2D eigenvalue weighted by molar-refractivity contribution is 5.49. The van der Waals surface area contributed by atoms with Crippen LogP contribution in [0.4, 0.5) is 24.5 Å². The van der Waals surface area contributed by atoms with E-state index in [4.69, 9.17) is 0 Å². The lowest BCUT2D eigenvalue weighted by Crippen LogP contribution is -3.13. The Morgan fingerprint density at radius 2 is 1.61 bits per heavy atom. The van der Waals surface area contributed by atoms with Gasteiger partial charge in [-0.25, -0.2) is 0 Å². The van der Waals surface area contributed by atoms with Crippen molar-refractivity contribution in [2.45, 2.75) is 26.6 Å². The molecule has 152 valence electrons. The summed E-state index contributed by atoms with van der Waals surface area (Å²) in [5, 5.41) is 0. The molecule has 0 aromatic heterocycles. The molecular weight excluding hydrogens is 363 g/mol. The van der Waals surface area contributed by atoms with E-state index in [1.54, 1.807) is 6.07 Å². The third kappa shape index (κ3) is 4.98. The average Bonchev–Trinajstić information content (AvgIpc) is 2.70. The molecule has 1 aliphatic rings. The summed E-state index contributed by atoms with van der Waals surface area (Å²) in [5.74, 6) is 0. The number of hydrogen-bond acceptors (Lipinski definition) is 2. The van der Waals surface area contributed by atoms with Crippen LogP contribution in [0.15, 0.2) is 48.5 Å². The average molecular weight is 392 g/mol. The maximum absolute atomic E-state index is 12.9. The zero-order chi connectivity index (χ0) is 20.1. The summed E-state index contributed by atoms with van der Waals surface area (Å²) >= 11 is 0. The summed E-state index contributed by atoms with van der Waals surface area (Å²) < 4.78 is 38.8. The molecule has 0 saturated carbocycles. The van der Waals surface area contributed by atoms with E-state index < -0.39 is 11.7 Å². The number of rotatable bonds is 6. The van der Waals surface area contributed by atoms with Crippen molar-refractivity contribution in [3.63, 3.8) is 0 Å². The molecule has 0 unspecified atom stereocenters. The number of halogens is 3. The number of hydrogen-bond donors (Lipinski definition) is 1. The predicted molar refractivity (Wildman–Crippen MR) is 108 cm³/mol. The van der Waals surface area contributed by atoms with E-state index in [2.05, 4.69) is 47.9 Å². The van der Waals surface area contributed by atoms with Crippen molar-refractivity contribution >= 4 is 11.4 Å². The number of benzene rings is 2. The molecular formula is C22H29F3N3+. The van der Waals surface area contributed by atoms with Crippen molar-refractivity contribution in [3.8, 4) is 0 Å². The predicted octanol–water partition coefficient (Wildman–Crippen LogP) is 3.46. The van der Waals surface area contributed by atoms with Crippen LogP contribution in [0.3, 0.4) is 0 Å². The fraction of sp³-hybridized carbons (Fsp3) is 0.455. The topological polar surface area (TPSA) is 10.9 Å². The van der Waals surface area contributed by atoms with Crippen LogP contribution in [0.5, 0.6) is 0 Å². The molecule has 0 radical (unpaired) electrons. The van der Waals surface area contributed by atoms with E-state index in [0.29, 0.717) is 5.69 Å². The molecule has 1 saturated heterocycles. The van der Waals surface area contributed by atoms with Gasteiger partial charge in [-0.1, -0.05) is 18.2 Å². The fourth-order valence-electron chi connectivity index (χ4n) is 3.84. The van der Waals surface area contributed by atoms with Crippen molar-refractivity contribution in [1.29, 1.82) is 0 Å². The molecule has 0 bridgehead atoms. The first-order valence-electron chi connectivity index (χ1n) is 10.0. The third-order valence-electron chi connectivity index (χ3n) is 5.53. The monoisotopic (exact) mass is 392 g/mol. The summed E-state index contributed by atoms with van der Waals surface area (Å²) in [5.41, 5.74) is 2.64. The van der Waals surface area contributed by atoms with Crippen LogP contribution < -0.4 is 14.7 Å². The highest BCUT2D eigenvalue weighted by Gasteiger charge is 2.31. The van der Waals surface area contributed by atoms with Gasteiger partial charge in [0, 0.05) is 30.0 Å². The molecule has 0 atom stereocenters. The van der Waals surface area contributed by atoms with Crippen LogP contribution >= 0.6 is 0 Å². The van der Waals surface area contributed by atoms with Gasteiger partial charge in [0.15, 0.2) is 0 Å².